The van der Waals surface area contributed by atoms with Gasteiger partial charge in [0.15, 0.2) is 5.82 Å². The fourth-order valence-electron chi connectivity index (χ4n) is 11.4. The van der Waals surface area contributed by atoms with Gasteiger partial charge in [-0.2, -0.15) is 0 Å². The summed E-state index contributed by atoms with van der Waals surface area (Å²) >= 11 is 0. The topological polar surface area (TPSA) is 25.8 Å². The second-order valence-corrected chi connectivity index (χ2v) is 14.7. The zero-order chi connectivity index (χ0) is 28.8. The maximum absolute atomic E-state index is 5.03. The molecule has 1 aromatic heterocycles. The van der Waals surface area contributed by atoms with Gasteiger partial charge in [0, 0.05) is 22.1 Å². The summed E-state index contributed by atoms with van der Waals surface area (Å²) in [6.45, 7) is 0. The molecule has 0 radical (unpaired) electrons. The molecule has 2 heteroatoms. The first-order valence-corrected chi connectivity index (χ1v) is 16.9. The Kier molecular flexibility index (Phi) is 5.45. The molecule has 2 nitrogen and oxygen atoms in total. The lowest BCUT2D eigenvalue weighted by atomic mass is 9.30. The molecule has 4 unspecified atom stereocenters. The van der Waals surface area contributed by atoms with Gasteiger partial charge in [0.25, 0.3) is 0 Å². The molecule has 44 heavy (non-hydrogen) atoms. The third-order valence-electron chi connectivity index (χ3n) is 12.8. The largest absolute Gasteiger partial charge is 0.228 e. The molecule has 0 amide bonds. The summed E-state index contributed by atoms with van der Waals surface area (Å²) in [6.07, 6.45) is 9.15. The van der Waals surface area contributed by atoms with E-state index in [-0.39, 0.29) is 0 Å². The predicted octanol–water partition coefficient (Wildman–Crippen LogP) is 10.1. The minimum atomic E-state index is 0.476. The predicted molar refractivity (Wildman–Crippen MR) is 178 cm³/mol. The molecule has 0 aliphatic heterocycles. The average Bonchev–Trinajstić information content (AvgIpc) is 3.11. The Bertz CT molecular complexity index is 1760. The van der Waals surface area contributed by atoms with Crippen LogP contribution in [0.4, 0.5) is 0 Å². The summed E-state index contributed by atoms with van der Waals surface area (Å²) in [7, 11) is 0. The molecule has 12 rings (SSSR count). The van der Waals surface area contributed by atoms with Crippen molar-refractivity contribution in [2.24, 2.45) is 41.4 Å². The number of hydrogen-bond donors (Lipinski definition) is 0. The molecule has 0 N–H and O–H groups in total. The van der Waals surface area contributed by atoms with Crippen molar-refractivity contribution in [2.75, 3.05) is 0 Å². The fraction of sp³-hybridized carbons (Fsp3) is 0.333. The lowest BCUT2D eigenvalue weighted by Gasteiger charge is -2.74. The number of nitrogens with zero attached hydrogens (tertiary/aromatic N) is 2. The summed E-state index contributed by atoms with van der Waals surface area (Å²) in [6, 6.07) is 41.7. The van der Waals surface area contributed by atoms with Gasteiger partial charge in [-0.05, 0) is 103 Å². The molecule has 7 fully saturated rings. The zero-order valence-electron chi connectivity index (χ0n) is 25.1. The SMILES string of the molecule is c1ccc(-c2cc(-c3ccccc3)nc(-c3ccc(-c4ccc(C56CC7CC8C9CC(CC85)CC6C9C7)cc4)cc3)n2)cc1. The molecule has 1 heterocycles. The van der Waals surface area contributed by atoms with E-state index < -0.39 is 0 Å². The van der Waals surface area contributed by atoms with E-state index in [0.29, 0.717) is 5.41 Å². The van der Waals surface area contributed by atoms with Gasteiger partial charge < -0.3 is 0 Å². The van der Waals surface area contributed by atoms with Crippen molar-refractivity contribution in [1.82, 2.24) is 9.97 Å². The molecule has 5 aromatic rings. The monoisotopic (exact) mass is 570 g/mol. The second-order valence-electron chi connectivity index (χ2n) is 14.7. The Morgan fingerprint density at radius 2 is 0.955 bits per heavy atom. The number of hydrogen-bond acceptors (Lipinski definition) is 2. The lowest BCUT2D eigenvalue weighted by molar-refractivity contribution is -0.220. The molecule has 7 aliphatic rings. The van der Waals surface area contributed by atoms with E-state index in [1.807, 2.05) is 12.1 Å². The molecular formula is C42H38N2. The molecule has 7 aliphatic carbocycles. The molecule has 4 aromatic carbocycles. The molecule has 0 spiro atoms. The van der Waals surface area contributed by atoms with E-state index >= 15 is 0 Å². The van der Waals surface area contributed by atoms with Crippen LogP contribution in [0, 0.1) is 41.4 Å². The minimum absolute atomic E-state index is 0.476. The van der Waals surface area contributed by atoms with Crippen molar-refractivity contribution in [1.29, 1.82) is 0 Å². The van der Waals surface area contributed by atoms with Gasteiger partial charge in [-0.1, -0.05) is 109 Å². The first-order valence-electron chi connectivity index (χ1n) is 16.9. The average molecular weight is 571 g/mol. The van der Waals surface area contributed by atoms with E-state index in [1.54, 1.807) is 24.8 Å². The van der Waals surface area contributed by atoms with Gasteiger partial charge in [0.05, 0.1) is 11.4 Å². The van der Waals surface area contributed by atoms with Crippen molar-refractivity contribution in [3.63, 3.8) is 0 Å². The Balaban J connectivity index is 0.974. The van der Waals surface area contributed by atoms with Crippen LogP contribution in [0.3, 0.4) is 0 Å². The molecule has 7 saturated carbocycles. The molecule has 4 atom stereocenters. The van der Waals surface area contributed by atoms with Crippen LogP contribution in [0.25, 0.3) is 45.0 Å². The zero-order valence-corrected chi connectivity index (χ0v) is 25.1. The van der Waals surface area contributed by atoms with Gasteiger partial charge in [0.1, 0.15) is 0 Å². The quantitative estimate of drug-likeness (QED) is 0.210. The normalized spacial score (nSPS) is 32.3. The fourth-order valence-corrected chi connectivity index (χ4v) is 11.4. The summed E-state index contributed by atoms with van der Waals surface area (Å²) in [5.74, 6) is 7.81. The van der Waals surface area contributed by atoms with Crippen LogP contribution in [0.1, 0.15) is 44.1 Å². The number of aromatic nitrogens is 2. The van der Waals surface area contributed by atoms with E-state index in [0.717, 1.165) is 75.3 Å². The van der Waals surface area contributed by atoms with Gasteiger partial charge in [-0.3, -0.25) is 0 Å². The highest BCUT2D eigenvalue weighted by molar-refractivity contribution is 5.73. The maximum atomic E-state index is 5.03. The van der Waals surface area contributed by atoms with Crippen LogP contribution in [-0.2, 0) is 5.41 Å². The van der Waals surface area contributed by atoms with Crippen molar-refractivity contribution >= 4 is 0 Å². The van der Waals surface area contributed by atoms with Crippen LogP contribution in [-0.4, -0.2) is 9.97 Å². The number of rotatable bonds is 5. The van der Waals surface area contributed by atoms with Crippen molar-refractivity contribution in [3.8, 4) is 45.0 Å². The van der Waals surface area contributed by atoms with Crippen LogP contribution in [0.15, 0.2) is 115 Å². The van der Waals surface area contributed by atoms with Gasteiger partial charge >= 0.3 is 0 Å². The van der Waals surface area contributed by atoms with Crippen molar-refractivity contribution in [3.05, 3.63) is 121 Å². The summed E-state index contributed by atoms with van der Waals surface area (Å²) in [5.41, 5.74) is 9.85. The summed E-state index contributed by atoms with van der Waals surface area (Å²) in [5, 5.41) is 0. The first-order chi connectivity index (χ1) is 21.7. The van der Waals surface area contributed by atoms with Gasteiger partial charge in [0.2, 0.25) is 0 Å². The Morgan fingerprint density at radius 3 is 1.52 bits per heavy atom. The van der Waals surface area contributed by atoms with E-state index in [9.17, 15) is 0 Å². The molecular weight excluding hydrogens is 532 g/mol. The second kappa shape index (κ2) is 9.48. The van der Waals surface area contributed by atoms with Crippen LogP contribution >= 0.6 is 0 Å². The molecule has 8 bridgehead atoms. The Labute approximate surface area is 260 Å². The third-order valence-corrected chi connectivity index (χ3v) is 12.8. The summed E-state index contributed by atoms with van der Waals surface area (Å²) < 4.78 is 0. The van der Waals surface area contributed by atoms with E-state index in [2.05, 4.69) is 103 Å². The Morgan fingerprint density at radius 1 is 0.455 bits per heavy atom. The highest BCUT2D eigenvalue weighted by Gasteiger charge is 2.70. The molecule has 0 saturated heterocycles. The summed E-state index contributed by atoms with van der Waals surface area (Å²) in [4.78, 5) is 10.1. The third kappa shape index (κ3) is 3.66. The first kappa shape index (κ1) is 25.3. The van der Waals surface area contributed by atoms with Crippen molar-refractivity contribution in [2.45, 2.75) is 43.9 Å². The van der Waals surface area contributed by atoms with Crippen LogP contribution < -0.4 is 0 Å². The lowest BCUT2D eigenvalue weighted by Crippen LogP contribution is -2.69. The highest BCUT2D eigenvalue weighted by atomic mass is 14.9. The maximum Gasteiger partial charge on any atom is 0.160 e. The smallest absolute Gasteiger partial charge is 0.160 e. The van der Waals surface area contributed by atoms with Crippen molar-refractivity contribution < 1.29 is 0 Å². The Hall–Kier alpha value is -4.04. The van der Waals surface area contributed by atoms with Crippen LogP contribution in [0.2, 0.25) is 0 Å². The van der Waals surface area contributed by atoms with Gasteiger partial charge in [-0.25, -0.2) is 9.97 Å². The van der Waals surface area contributed by atoms with Crippen LogP contribution in [0.5, 0.6) is 0 Å². The molecule has 216 valence electrons. The van der Waals surface area contributed by atoms with E-state index in [1.165, 1.54) is 30.4 Å². The highest BCUT2D eigenvalue weighted by Crippen LogP contribution is 2.76. The van der Waals surface area contributed by atoms with Gasteiger partial charge in [-0.15, -0.1) is 0 Å². The minimum Gasteiger partial charge on any atom is -0.228 e. The van der Waals surface area contributed by atoms with E-state index in [4.69, 9.17) is 9.97 Å². The number of benzene rings is 4. The standard InChI is InChI=1S/C42H38N2/c1-3-7-30(8-4-1)39-24-40(31-9-5-2-6-10-31)44-41(43-39)32-13-11-28(12-14-32)29-15-17-33(18-16-29)42-25-27-20-35-34-19-26(22-37(35)42)23-38(42)36(34)21-27/h1-18,24,26-27,34-38H,19-23,25H2.